The third-order valence-electron chi connectivity index (χ3n) is 3.00. The third-order valence-corrected chi connectivity index (χ3v) is 3.00. The number of amides is 2. The highest BCUT2D eigenvalue weighted by molar-refractivity contribution is 5.95. The van der Waals surface area contributed by atoms with E-state index in [0.29, 0.717) is 11.6 Å². The number of halogens is 1. The van der Waals surface area contributed by atoms with Crippen LogP contribution in [0.1, 0.15) is 11.3 Å². The molecule has 0 bridgehead atoms. The molecule has 4 N–H and O–H groups in total. The van der Waals surface area contributed by atoms with E-state index in [1.807, 2.05) is 19.9 Å². The number of rotatable bonds is 5. The van der Waals surface area contributed by atoms with Gasteiger partial charge in [-0.3, -0.25) is 9.59 Å². The van der Waals surface area contributed by atoms with Crippen LogP contribution >= 0.6 is 12.4 Å². The highest BCUT2D eigenvalue weighted by atomic mass is 35.5. The number of anilines is 1. The van der Waals surface area contributed by atoms with Gasteiger partial charge in [0, 0.05) is 11.3 Å². The Hall–Kier alpha value is -2.38. The van der Waals surface area contributed by atoms with Crippen LogP contribution in [0.2, 0.25) is 0 Å². The van der Waals surface area contributed by atoms with Gasteiger partial charge in [-0.05, 0) is 31.5 Å². The lowest BCUT2D eigenvalue weighted by atomic mass is 10.1. The van der Waals surface area contributed by atoms with Crippen molar-refractivity contribution < 1.29 is 14.0 Å². The maximum Gasteiger partial charge on any atom is 0.243 e. The summed E-state index contributed by atoms with van der Waals surface area (Å²) in [5.41, 5.74) is 8.32. The van der Waals surface area contributed by atoms with Gasteiger partial charge in [-0.1, -0.05) is 6.07 Å². The molecule has 0 aliphatic carbocycles. The monoisotopic (exact) mass is 338 g/mol. The fourth-order valence-corrected chi connectivity index (χ4v) is 1.86. The lowest BCUT2D eigenvalue weighted by Gasteiger charge is -2.09. The molecule has 1 aromatic carbocycles. The van der Waals surface area contributed by atoms with Crippen molar-refractivity contribution in [2.75, 3.05) is 18.4 Å². The Morgan fingerprint density at radius 1 is 1.26 bits per heavy atom. The molecule has 1 aromatic heterocycles. The van der Waals surface area contributed by atoms with Crippen LogP contribution in [0.3, 0.4) is 0 Å². The minimum atomic E-state index is -0.380. The topological polar surface area (TPSA) is 110 Å². The van der Waals surface area contributed by atoms with Gasteiger partial charge in [-0.2, -0.15) is 0 Å². The van der Waals surface area contributed by atoms with Gasteiger partial charge in [0.2, 0.25) is 17.7 Å². The summed E-state index contributed by atoms with van der Waals surface area (Å²) < 4.78 is 5.39. The van der Waals surface area contributed by atoms with Gasteiger partial charge in [0.1, 0.15) is 6.26 Å². The Labute approximate surface area is 140 Å². The number of nitrogens with zero attached hydrogens (tertiary/aromatic N) is 1. The molecule has 2 aromatic rings. The van der Waals surface area contributed by atoms with Crippen LogP contribution in [0, 0.1) is 13.8 Å². The zero-order chi connectivity index (χ0) is 16.1. The van der Waals surface area contributed by atoms with Crippen LogP contribution in [0.5, 0.6) is 0 Å². The van der Waals surface area contributed by atoms with Crippen LogP contribution in [-0.2, 0) is 9.59 Å². The van der Waals surface area contributed by atoms with E-state index in [2.05, 4.69) is 15.6 Å². The minimum Gasteiger partial charge on any atom is -0.444 e. The molecule has 23 heavy (non-hydrogen) atoms. The predicted octanol–water partition coefficient (Wildman–Crippen LogP) is 1.39. The van der Waals surface area contributed by atoms with Gasteiger partial charge in [-0.15, -0.1) is 12.4 Å². The molecule has 0 radical (unpaired) electrons. The summed E-state index contributed by atoms with van der Waals surface area (Å²) in [6.45, 7) is 3.50. The molecular formula is C15H19ClN4O3. The molecular weight excluding hydrogens is 320 g/mol. The second-order valence-corrected chi connectivity index (χ2v) is 4.85. The zero-order valence-electron chi connectivity index (χ0n) is 12.9. The van der Waals surface area contributed by atoms with Gasteiger partial charge < -0.3 is 20.8 Å². The number of benzene rings is 1. The molecule has 124 valence electrons. The lowest BCUT2D eigenvalue weighted by Crippen LogP contribution is -2.36. The summed E-state index contributed by atoms with van der Waals surface area (Å²) in [6.07, 6.45) is 1.57. The standard InChI is InChI=1S/C15H18N4O3.ClH/c1-9-3-4-11(19-14(21)7-17-13(20)6-16)5-12(9)15-18-10(2)8-22-15;/h3-5,8H,6-7,16H2,1-2H3,(H,17,20)(H,19,21);1H. The van der Waals surface area contributed by atoms with E-state index < -0.39 is 0 Å². The number of aryl methyl sites for hydroxylation is 2. The van der Waals surface area contributed by atoms with Gasteiger partial charge in [0.25, 0.3) is 0 Å². The average Bonchev–Trinajstić information content (AvgIpc) is 2.93. The first-order valence-electron chi connectivity index (χ1n) is 6.79. The van der Waals surface area contributed by atoms with Gasteiger partial charge in [0.05, 0.1) is 18.8 Å². The highest BCUT2D eigenvalue weighted by Crippen LogP contribution is 2.25. The lowest BCUT2D eigenvalue weighted by molar-refractivity contribution is -0.123. The van der Waals surface area contributed by atoms with Crippen molar-refractivity contribution in [3.63, 3.8) is 0 Å². The summed E-state index contributed by atoms with van der Waals surface area (Å²) >= 11 is 0. The molecule has 0 saturated carbocycles. The van der Waals surface area contributed by atoms with Gasteiger partial charge in [0.15, 0.2) is 0 Å². The number of oxazole rings is 1. The molecule has 2 rings (SSSR count). The van der Waals surface area contributed by atoms with Gasteiger partial charge in [-0.25, -0.2) is 4.98 Å². The molecule has 0 saturated heterocycles. The maximum absolute atomic E-state index is 11.8. The molecule has 1 heterocycles. The van der Waals surface area contributed by atoms with Crippen LogP contribution in [0.15, 0.2) is 28.9 Å². The highest BCUT2D eigenvalue weighted by Gasteiger charge is 2.11. The van der Waals surface area contributed by atoms with E-state index in [9.17, 15) is 9.59 Å². The maximum atomic E-state index is 11.8. The molecule has 0 aliphatic rings. The predicted molar refractivity (Wildman–Crippen MR) is 89.4 cm³/mol. The molecule has 2 amide bonds. The van der Waals surface area contributed by atoms with Crippen molar-refractivity contribution in [3.8, 4) is 11.5 Å². The minimum absolute atomic E-state index is 0. The van der Waals surface area contributed by atoms with Crippen molar-refractivity contribution >= 4 is 29.9 Å². The first kappa shape index (κ1) is 18.7. The van der Waals surface area contributed by atoms with Gasteiger partial charge >= 0.3 is 0 Å². The van der Waals surface area contributed by atoms with Crippen LogP contribution in [-0.4, -0.2) is 29.9 Å². The van der Waals surface area contributed by atoms with Crippen LogP contribution < -0.4 is 16.4 Å². The second kappa shape index (κ2) is 8.30. The third kappa shape index (κ3) is 5.08. The van der Waals surface area contributed by atoms with Crippen LogP contribution in [0.4, 0.5) is 5.69 Å². The van der Waals surface area contributed by atoms with Crippen molar-refractivity contribution in [2.45, 2.75) is 13.8 Å². The fourth-order valence-electron chi connectivity index (χ4n) is 1.86. The Morgan fingerprint density at radius 3 is 2.61 bits per heavy atom. The van der Waals surface area contributed by atoms with Crippen LogP contribution in [0.25, 0.3) is 11.5 Å². The molecule has 7 nitrogen and oxygen atoms in total. The van der Waals surface area contributed by atoms with Crippen molar-refractivity contribution in [2.24, 2.45) is 5.73 Å². The van der Waals surface area contributed by atoms with Crippen molar-refractivity contribution in [1.82, 2.24) is 10.3 Å². The van der Waals surface area contributed by atoms with Crippen molar-refractivity contribution in [1.29, 1.82) is 0 Å². The largest absolute Gasteiger partial charge is 0.444 e. The second-order valence-electron chi connectivity index (χ2n) is 4.85. The number of aromatic nitrogens is 1. The van der Waals surface area contributed by atoms with Crippen molar-refractivity contribution in [3.05, 3.63) is 35.7 Å². The average molecular weight is 339 g/mol. The smallest absolute Gasteiger partial charge is 0.243 e. The summed E-state index contributed by atoms with van der Waals surface area (Å²) in [5.74, 6) is -0.210. The summed E-state index contributed by atoms with van der Waals surface area (Å²) in [5, 5.41) is 5.11. The molecule has 0 fully saturated rings. The normalized spacial score (nSPS) is 9.87. The Balaban J connectivity index is 0.00000264. The zero-order valence-corrected chi connectivity index (χ0v) is 13.7. The molecule has 8 heteroatoms. The number of nitrogens with one attached hydrogen (secondary N) is 2. The Morgan fingerprint density at radius 2 is 2.00 bits per heavy atom. The van der Waals surface area contributed by atoms with E-state index in [1.54, 1.807) is 18.4 Å². The summed E-state index contributed by atoms with van der Waals surface area (Å²) in [6, 6.07) is 5.42. The van der Waals surface area contributed by atoms with E-state index in [0.717, 1.165) is 16.8 Å². The van der Waals surface area contributed by atoms with E-state index in [-0.39, 0.29) is 37.3 Å². The quantitative estimate of drug-likeness (QED) is 0.763. The van der Waals surface area contributed by atoms with E-state index >= 15 is 0 Å². The number of carbonyl (C=O) groups excluding carboxylic acids is 2. The fraction of sp³-hybridized carbons (Fsp3) is 0.267. The molecule has 0 spiro atoms. The summed E-state index contributed by atoms with van der Waals surface area (Å²) in [7, 11) is 0. The first-order chi connectivity index (χ1) is 10.5. The summed E-state index contributed by atoms with van der Waals surface area (Å²) in [4.78, 5) is 27.1. The number of nitrogens with two attached hydrogens (primary N) is 1. The number of hydrogen-bond acceptors (Lipinski definition) is 5. The SMILES string of the molecule is Cc1coc(-c2cc(NC(=O)CNC(=O)CN)ccc2C)n1.Cl. The Kier molecular flexibility index (Phi) is 6.74. The Bertz CT molecular complexity index is 700. The molecule has 0 unspecified atom stereocenters. The molecule has 0 atom stereocenters. The number of carbonyl (C=O) groups is 2. The van der Waals surface area contributed by atoms with E-state index in [4.69, 9.17) is 10.2 Å². The first-order valence-corrected chi connectivity index (χ1v) is 6.79. The van der Waals surface area contributed by atoms with E-state index in [1.165, 1.54) is 0 Å². The molecule has 0 aliphatic heterocycles. The number of hydrogen-bond donors (Lipinski definition) is 3.